The van der Waals surface area contributed by atoms with Gasteiger partial charge in [0.2, 0.25) is 5.91 Å². The Balaban J connectivity index is 1.77. The van der Waals surface area contributed by atoms with Gasteiger partial charge in [-0.05, 0) is 29.8 Å². The number of nitrogens with one attached hydrogen (secondary N) is 2. The van der Waals surface area contributed by atoms with Crippen molar-refractivity contribution < 1.29 is 14.3 Å². The second-order valence-corrected chi connectivity index (χ2v) is 4.73. The summed E-state index contributed by atoms with van der Waals surface area (Å²) in [4.78, 5) is 11.9. The standard InChI is InChI=1S/C17H20N2O3/c1-21-15-8-6-13(7-9-15)11-18-12-17(20)19-14-4-3-5-16(10-14)22-2/h3-10,18H,11-12H2,1-2H3,(H,19,20). The Bertz CT molecular complexity index is 612. The Morgan fingerprint density at radius 3 is 2.41 bits per heavy atom. The quantitative estimate of drug-likeness (QED) is 0.824. The van der Waals surface area contributed by atoms with Gasteiger partial charge in [0.25, 0.3) is 0 Å². The van der Waals surface area contributed by atoms with E-state index in [-0.39, 0.29) is 12.5 Å². The van der Waals surface area contributed by atoms with Gasteiger partial charge in [-0.25, -0.2) is 0 Å². The van der Waals surface area contributed by atoms with Gasteiger partial charge in [0.05, 0.1) is 20.8 Å². The molecule has 0 fully saturated rings. The molecule has 0 saturated carbocycles. The molecule has 0 aromatic heterocycles. The lowest BCUT2D eigenvalue weighted by Crippen LogP contribution is -2.27. The highest BCUT2D eigenvalue weighted by Gasteiger charge is 2.03. The molecule has 0 unspecified atom stereocenters. The lowest BCUT2D eigenvalue weighted by atomic mass is 10.2. The van der Waals surface area contributed by atoms with Crippen molar-refractivity contribution in [1.82, 2.24) is 5.32 Å². The van der Waals surface area contributed by atoms with E-state index in [1.54, 1.807) is 20.3 Å². The zero-order valence-electron chi connectivity index (χ0n) is 12.8. The molecule has 0 radical (unpaired) electrons. The van der Waals surface area contributed by atoms with Gasteiger partial charge in [0.1, 0.15) is 11.5 Å². The summed E-state index contributed by atoms with van der Waals surface area (Å²) in [5.74, 6) is 1.44. The second-order valence-electron chi connectivity index (χ2n) is 4.73. The van der Waals surface area contributed by atoms with Gasteiger partial charge in [0, 0.05) is 18.3 Å². The third kappa shape index (κ3) is 4.79. The summed E-state index contributed by atoms with van der Waals surface area (Å²) in [5.41, 5.74) is 1.81. The van der Waals surface area contributed by atoms with Gasteiger partial charge in [-0.2, -0.15) is 0 Å². The van der Waals surface area contributed by atoms with Gasteiger partial charge in [0.15, 0.2) is 0 Å². The first kappa shape index (κ1) is 15.9. The summed E-state index contributed by atoms with van der Waals surface area (Å²) in [6, 6.07) is 15.0. The molecule has 5 nitrogen and oxygen atoms in total. The van der Waals surface area contributed by atoms with Gasteiger partial charge in [-0.3, -0.25) is 4.79 Å². The number of rotatable bonds is 7. The Kier molecular flexibility index (Phi) is 5.80. The highest BCUT2D eigenvalue weighted by molar-refractivity contribution is 5.92. The Labute approximate surface area is 130 Å². The number of anilines is 1. The molecule has 0 aliphatic rings. The predicted molar refractivity (Wildman–Crippen MR) is 86.3 cm³/mol. The van der Waals surface area contributed by atoms with E-state index < -0.39 is 0 Å². The average molecular weight is 300 g/mol. The summed E-state index contributed by atoms with van der Waals surface area (Å²) in [6.07, 6.45) is 0. The fourth-order valence-electron chi connectivity index (χ4n) is 1.97. The van der Waals surface area contributed by atoms with Crippen molar-refractivity contribution in [3.63, 3.8) is 0 Å². The van der Waals surface area contributed by atoms with E-state index in [4.69, 9.17) is 9.47 Å². The maximum atomic E-state index is 11.9. The van der Waals surface area contributed by atoms with Crippen LogP contribution in [-0.2, 0) is 11.3 Å². The van der Waals surface area contributed by atoms with E-state index in [0.29, 0.717) is 12.3 Å². The molecule has 5 heteroatoms. The van der Waals surface area contributed by atoms with Crippen LogP contribution in [0.4, 0.5) is 5.69 Å². The molecule has 1 amide bonds. The zero-order valence-corrected chi connectivity index (χ0v) is 12.8. The number of methoxy groups -OCH3 is 2. The summed E-state index contributed by atoms with van der Waals surface area (Å²) in [6.45, 7) is 0.860. The van der Waals surface area contributed by atoms with Gasteiger partial charge >= 0.3 is 0 Å². The maximum absolute atomic E-state index is 11.9. The van der Waals surface area contributed by atoms with Crippen LogP contribution in [0.3, 0.4) is 0 Å². The molecule has 22 heavy (non-hydrogen) atoms. The number of carbonyl (C=O) groups is 1. The lowest BCUT2D eigenvalue weighted by molar-refractivity contribution is -0.115. The van der Waals surface area contributed by atoms with Gasteiger partial charge in [-0.15, -0.1) is 0 Å². The van der Waals surface area contributed by atoms with Crippen LogP contribution in [0, 0.1) is 0 Å². The van der Waals surface area contributed by atoms with E-state index in [1.807, 2.05) is 42.5 Å². The number of hydrogen-bond acceptors (Lipinski definition) is 4. The first-order chi connectivity index (χ1) is 10.7. The fourth-order valence-corrected chi connectivity index (χ4v) is 1.97. The van der Waals surface area contributed by atoms with Crippen LogP contribution in [0.5, 0.6) is 11.5 Å². The highest BCUT2D eigenvalue weighted by atomic mass is 16.5. The highest BCUT2D eigenvalue weighted by Crippen LogP contribution is 2.16. The van der Waals surface area contributed by atoms with Crippen LogP contribution >= 0.6 is 0 Å². The van der Waals surface area contributed by atoms with Gasteiger partial charge < -0.3 is 20.1 Å². The molecule has 0 bridgehead atoms. The molecule has 0 heterocycles. The van der Waals surface area contributed by atoms with E-state index in [9.17, 15) is 4.79 Å². The summed E-state index contributed by atoms with van der Waals surface area (Å²) in [5, 5.41) is 5.92. The minimum absolute atomic E-state index is 0.0956. The molecule has 0 spiro atoms. The summed E-state index contributed by atoms with van der Waals surface area (Å²) >= 11 is 0. The molecule has 0 aliphatic heterocycles. The minimum Gasteiger partial charge on any atom is -0.497 e. The van der Waals surface area contributed by atoms with Crippen molar-refractivity contribution in [3.05, 3.63) is 54.1 Å². The number of hydrogen-bond donors (Lipinski definition) is 2. The molecule has 2 N–H and O–H groups in total. The largest absolute Gasteiger partial charge is 0.497 e. The Morgan fingerprint density at radius 2 is 1.73 bits per heavy atom. The van der Waals surface area contributed by atoms with Crippen LogP contribution in [0.15, 0.2) is 48.5 Å². The molecule has 0 saturated heterocycles. The Morgan fingerprint density at radius 1 is 1.00 bits per heavy atom. The number of benzene rings is 2. The SMILES string of the molecule is COc1ccc(CNCC(=O)Nc2cccc(OC)c2)cc1. The van der Waals surface area contributed by atoms with E-state index in [1.165, 1.54) is 0 Å². The summed E-state index contributed by atoms with van der Waals surface area (Å²) < 4.78 is 10.2. The van der Waals surface area contributed by atoms with Crippen LogP contribution in [0.2, 0.25) is 0 Å². The molecule has 2 aromatic rings. The topological polar surface area (TPSA) is 59.6 Å². The van der Waals surface area contributed by atoms with Gasteiger partial charge in [-0.1, -0.05) is 18.2 Å². The van der Waals surface area contributed by atoms with Crippen molar-refractivity contribution in [3.8, 4) is 11.5 Å². The first-order valence-corrected chi connectivity index (χ1v) is 6.99. The van der Waals surface area contributed by atoms with Crippen molar-refractivity contribution in [2.45, 2.75) is 6.54 Å². The normalized spacial score (nSPS) is 10.1. The third-order valence-corrected chi connectivity index (χ3v) is 3.13. The number of carbonyl (C=O) groups excluding carboxylic acids is 1. The smallest absolute Gasteiger partial charge is 0.238 e. The monoisotopic (exact) mass is 300 g/mol. The lowest BCUT2D eigenvalue weighted by Gasteiger charge is -2.08. The van der Waals surface area contributed by atoms with Crippen LogP contribution in [0.1, 0.15) is 5.56 Å². The zero-order chi connectivity index (χ0) is 15.8. The average Bonchev–Trinajstić information content (AvgIpc) is 2.55. The third-order valence-electron chi connectivity index (χ3n) is 3.13. The van der Waals surface area contributed by atoms with E-state index in [2.05, 4.69) is 10.6 Å². The van der Waals surface area contributed by atoms with Crippen molar-refractivity contribution in [2.24, 2.45) is 0 Å². The maximum Gasteiger partial charge on any atom is 0.238 e. The molecular formula is C17H20N2O3. The number of amides is 1. The molecule has 2 aromatic carbocycles. The Hall–Kier alpha value is -2.53. The minimum atomic E-state index is -0.0956. The fraction of sp³-hybridized carbons (Fsp3) is 0.235. The first-order valence-electron chi connectivity index (χ1n) is 6.99. The molecule has 116 valence electrons. The van der Waals surface area contributed by atoms with Crippen molar-refractivity contribution in [2.75, 3.05) is 26.1 Å². The second kappa shape index (κ2) is 8.05. The molecule has 2 rings (SSSR count). The number of ether oxygens (including phenoxy) is 2. The van der Waals surface area contributed by atoms with Crippen LogP contribution < -0.4 is 20.1 Å². The molecule has 0 atom stereocenters. The van der Waals surface area contributed by atoms with Crippen LogP contribution in [-0.4, -0.2) is 26.7 Å². The molecular weight excluding hydrogens is 280 g/mol. The van der Waals surface area contributed by atoms with Crippen molar-refractivity contribution >= 4 is 11.6 Å². The van der Waals surface area contributed by atoms with Crippen molar-refractivity contribution in [1.29, 1.82) is 0 Å². The van der Waals surface area contributed by atoms with E-state index in [0.717, 1.165) is 17.0 Å². The van der Waals surface area contributed by atoms with Crippen LogP contribution in [0.25, 0.3) is 0 Å². The summed E-state index contributed by atoms with van der Waals surface area (Å²) in [7, 11) is 3.23. The van der Waals surface area contributed by atoms with E-state index >= 15 is 0 Å². The predicted octanol–water partition coefficient (Wildman–Crippen LogP) is 2.43. The molecule has 0 aliphatic carbocycles.